The van der Waals surface area contributed by atoms with Gasteiger partial charge in [-0.15, -0.1) is 0 Å². The summed E-state index contributed by atoms with van der Waals surface area (Å²) in [4.78, 5) is 63.1. The van der Waals surface area contributed by atoms with Crippen molar-refractivity contribution in [1.29, 1.82) is 0 Å². The van der Waals surface area contributed by atoms with Crippen molar-refractivity contribution in [3.8, 4) is 0 Å². The van der Waals surface area contributed by atoms with E-state index in [4.69, 9.17) is 5.73 Å². The normalized spacial score (nSPS) is 17.2. The number of carbonyl (C=O) groups is 4. The maximum atomic E-state index is 14.2. The highest BCUT2D eigenvalue weighted by Crippen LogP contribution is 2.31. The second kappa shape index (κ2) is 17.4. The highest BCUT2D eigenvalue weighted by molar-refractivity contribution is 9.11. The van der Waals surface area contributed by atoms with Gasteiger partial charge >= 0.3 is 6.03 Å². The van der Waals surface area contributed by atoms with Crippen LogP contribution in [0.3, 0.4) is 0 Å². The highest BCUT2D eigenvalue weighted by atomic mass is 79.9. The number of benzene rings is 4. The summed E-state index contributed by atoms with van der Waals surface area (Å²) in [6.07, 6.45) is 1.69. The number of hydrogen-bond donors (Lipinski definition) is 3. The van der Waals surface area contributed by atoms with E-state index in [1.807, 2.05) is 47.4 Å². The minimum absolute atomic E-state index is 0.0390. The zero-order valence-corrected chi connectivity index (χ0v) is 33.7. The summed E-state index contributed by atoms with van der Waals surface area (Å²) in [5.41, 5.74) is 11.6. The molecule has 0 spiro atoms. The van der Waals surface area contributed by atoms with Crippen LogP contribution in [0, 0.1) is 0 Å². The van der Waals surface area contributed by atoms with Crippen LogP contribution in [-0.4, -0.2) is 96.2 Å². The molecule has 1 atom stereocenters. The molecule has 3 aliphatic heterocycles. The number of nitrogens with one attached hydrogen (secondary N) is 2. The lowest BCUT2D eigenvalue weighted by Crippen LogP contribution is -2.54. The molecule has 4 aromatic carbocycles. The van der Waals surface area contributed by atoms with E-state index in [9.17, 15) is 19.2 Å². The molecular formula is C42H45Br2N7O4. The van der Waals surface area contributed by atoms with Crippen molar-refractivity contribution < 1.29 is 19.2 Å². The number of nitrogens with zero attached hydrogens (tertiary/aromatic N) is 4. The van der Waals surface area contributed by atoms with Crippen molar-refractivity contribution in [3.63, 3.8) is 0 Å². The molecule has 3 aliphatic rings. The van der Waals surface area contributed by atoms with Crippen LogP contribution in [0.5, 0.6) is 0 Å². The van der Waals surface area contributed by atoms with E-state index in [0.29, 0.717) is 58.2 Å². The van der Waals surface area contributed by atoms with Gasteiger partial charge in [0.15, 0.2) is 5.78 Å². The van der Waals surface area contributed by atoms with Crippen LogP contribution in [0.15, 0.2) is 99.9 Å². The molecule has 3 heterocycles. The molecule has 0 radical (unpaired) electrons. The average Bonchev–Trinajstić information content (AvgIpc) is 3.38. The Morgan fingerprint density at radius 3 is 2.15 bits per heavy atom. The molecule has 4 aromatic rings. The van der Waals surface area contributed by atoms with Gasteiger partial charge in [0.2, 0.25) is 5.91 Å². The van der Waals surface area contributed by atoms with Gasteiger partial charge in [-0.3, -0.25) is 19.3 Å². The fraction of sp³-hybridized carbons (Fsp3) is 0.333. The van der Waals surface area contributed by atoms with Crippen LogP contribution in [-0.2, 0) is 17.8 Å². The van der Waals surface area contributed by atoms with Gasteiger partial charge in [0.05, 0.1) is 5.69 Å². The predicted octanol–water partition coefficient (Wildman–Crippen LogP) is 6.57. The van der Waals surface area contributed by atoms with Crippen molar-refractivity contribution in [2.75, 3.05) is 61.8 Å². The number of rotatable bonds is 10. The number of carbonyl (C=O) groups excluding carboxylic acids is 4. The Morgan fingerprint density at radius 1 is 0.800 bits per heavy atom. The molecule has 0 unspecified atom stereocenters. The first-order valence-corrected chi connectivity index (χ1v) is 20.4. The van der Waals surface area contributed by atoms with Crippen molar-refractivity contribution in [2.45, 2.75) is 44.3 Å². The number of Topliss-reactive ketones (excluding diaryl/α,β-unsaturated/α-hetero) is 1. The third-order valence-electron chi connectivity index (χ3n) is 10.9. The third-order valence-corrected chi connectivity index (χ3v) is 12.2. The van der Waals surface area contributed by atoms with Gasteiger partial charge < -0.3 is 31.1 Å². The average molecular weight is 872 g/mol. The Balaban J connectivity index is 1.00. The summed E-state index contributed by atoms with van der Waals surface area (Å²) in [6, 6.07) is 27.7. The van der Waals surface area contributed by atoms with Crippen molar-refractivity contribution >= 4 is 72.6 Å². The zero-order valence-electron chi connectivity index (χ0n) is 30.6. The Morgan fingerprint density at radius 2 is 1.45 bits per heavy atom. The summed E-state index contributed by atoms with van der Waals surface area (Å²) in [6.45, 7) is 5.93. The predicted molar refractivity (Wildman–Crippen MR) is 222 cm³/mol. The number of halogens is 2. The topological polar surface area (TPSA) is 131 Å². The monoisotopic (exact) mass is 869 g/mol. The molecule has 55 heavy (non-hydrogen) atoms. The molecule has 0 saturated carbocycles. The van der Waals surface area contributed by atoms with Gasteiger partial charge in [0.1, 0.15) is 6.04 Å². The van der Waals surface area contributed by atoms with Crippen molar-refractivity contribution in [2.24, 2.45) is 0 Å². The number of piperidine rings is 1. The van der Waals surface area contributed by atoms with E-state index < -0.39 is 11.9 Å². The summed E-state index contributed by atoms with van der Waals surface area (Å²) in [5.74, 6) is -1.07. The molecular weight excluding hydrogens is 826 g/mol. The molecule has 0 aromatic heterocycles. The van der Waals surface area contributed by atoms with Crippen LogP contribution in [0.2, 0.25) is 0 Å². The largest absolute Gasteiger partial charge is 0.397 e. The van der Waals surface area contributed by atoms with Crippen molar-refractivity contribution in [1.82, 2.24) is 20.0 Å². The number of likely N-dealkylation sites (tertiary alicyclic amines) is 1. The third kappa shape index (κ3) is 9.22. The highest BCUT2D eigenvalue weighted by Gasteiger charge is 2.35. The first-order valence-electron chi connectivity index (χ1n) is 18.8. The molecule has 286 valence electrons. The standard InChI is InChI=1S/C42H45Br2N7O4/c43-34-24-31(25-35(44)39(34)45)38(52)26-37(41(54)50-17-15-33(16-18-50)51-19-14-29-8-4-5-9-36(29)47-42(51)55)46-40(53)30-10-12-32(13-11-30)49-22-20-48(21-23-49)27-28-6-2-1-3-7-28/h1-13,24-25,33,37H,14-23,26-27,45H2,(H,46,53)(H,47,55)/t37-/m0/s1. The number of hydrogen-bond acceptors (Lipinski definition) is 7. The fourth-order valence-electron chi connectivity index (χ4n) is 7.68. The smallest absolute Gasteiger partial charge is 0.322 e. The number of fused-ring (bicyclic) bond motifs is 1. The SMILES string of the molecule is Nc1c(Br)cc(C(=O)C[C@H](NC(=O)c2ccc(N3CCN(Cc4ccccc4)CC3)cc2)C(=O)N2CCC(N3CCc4ccccc4NC3=O)CC2)cc1Br. The van der Waals surface area contributed by atoms with Crippen LogP contribution in [0.4, 0.5) is 21.9 Å². The van der Waals surface area contributed by atoms with Crippen LogP contribution in [0.25, 0.3) is 0 Å². The number of piperazine rings is 1. The molecule has 2 fully saturated rings. The maximum Gasteiger partial charge on any atom is 0.322 e. The minimum atomic E-state index is -1.10. The van der Waals surface area contributed by atoms with Gasteiger partial charge in [-0.25, -0.2) is 4.79 Å². The van der Waals surface area contributed by atoms with E-state index in [2.05, 4.69) is 76.6 Å². The molecule has 13 heteroatoms. The van der Waals surface area contributed by atoms with E-state index in [0.717, 1.165) is 56.1 Å². The molecule has 11 nitrogen and oxygen atoms in total. The molecule has 0 aliphatic carbocycles. The van der Waals surface area contributed by atoms with Crippen LogP contribution >= 0.6 is 31.9 Å². The molecule has 4 N–H and O–H groups in total. The lowest BCUT2D eigenvalue weighted by atomic mass is 9.99. The lowest BCUT2D eigenvalue weighted by molar-refractivity contribution is -0.134. The number of ketones is 1. The Bertz CT molecular complexity index is 2010. The summed E-state index contributed by atoms with van der Waals surface area (Å²) in [7, 11) is 0. The number of nitrogen functional groups attached to an aromatic ring is 1. The fourth-order valence-corrected chi connectivity index (χ4v) is 8.86. The summed E-state index contributed by atoms with van der Waals surface area (Å²) >= 11 is 6.82. The van der Waals surface area contributed by atoms with Gasteiger partial charge in [0, 0.05) is 96.3 Å². The first kappa shape index (κ1) is 38.6. The van der Waals surface area contributed by atoms with Crippen LogP contribution in [0.1, 0.15) is 51.1 Å². The minimum Gasteiger partial charge on any atom is -0.397 e. The quantitative estimate of drug-likeness (QED) is 0.122. The van der Waals surface area contributed by atoms with Gasteiger partial charge in [-0.1, -0.05) is 48.5 Å². The number of anilines is 3. The number of nitrogens with two attached hydrogens (primary N) is 1. The molecule has 7 rings (SSSR count). The van der Waals surface area contributed by atoms with Crippen LogP contribution < -0.4 is 21.3 Å². The Kier molecular flexibility index (Phi) is 12.2. The maximum absolute atomic E-state index is 14.2. The van der Waals surface area contributed by atoms with E-state index in [1.165, 1.54) is 5.56 Å². The first-order chi connectivity index (χ1) is 26.6. The molecule has 2 saturated heterocycles. The number of para-hydroxylation sites is 1. The number of amides is 4. The second-order valence-electron chi connectivity index (χ2n) is 14.4. The zero-order chi connectivity index (χ0) is 38.5. The van der Waals surface area contributed by atoms with E-state index in [-0.39, 0.29) is 30.2 Å². The number of urea groups is 1. The second-order valence-corrected chi connectivity index (χ2v) is 16.1. The van der Waals surface area contributed by atoms with Crippen molar-refractivity contribution in [3.05, 3.63) is 122 Å². The van der Waals surface area contributed by atoms with E-state index >= 15 is 0 Å². The lowest BCUT2D eigenvalue weighted by Gasteiger charge is -2.39. The van der Waals surface area contributed by atoms with E-state index in [1.54, 1.807) is 29.2 Å². The van der Waals surface area contributed by atoms with Gasteiger partial charge in [-0.05, 0) is 105 Å². The van der Waals surface area contributed by atoms with Gasteiger partial charge in [-0.2, -0.15) is 0 Å². The Labute approximate surface area is 338 Å². The Hall–Kier alpha value is -4.72. The molecule has 0 bridgehead atoms. The summed E-state index contributed by atoms with van der Waals surface area (Å²) in [5, 5.41) is 5.95. The summed E-state index contributed by atoms with van der Waals surface area (Å²) < 4.78 is 1.11. The van der Waals surface area contributed by atoms with Gasteiger partial charge in [0.25, 0.3) is 5.91 Å². The molecule has 4 amide bonds.